The number of anilines is 1. The summed E-state index contributed by atoms with van der Waals surface area (Å²) in [6.45, 7) is 2.19. The van der Waals surface area contributed by atoms with E-state index in [1.165, 1.54) is 0 Å². The molecule has 0 heterocycles. The molecule has 0 spiro atoms. The van der Waals surface area contributed by atoms with Gasteiger partial charge in [-0.2, -0.15) is 0 Å². The average Bonchev–Trinajstić information content (AvgIpc) is 2.31. The number of nitrogens with one attached hydrogen (secondary N) is 1. The minimum atomic E-state index is -3.54. The summed E-state index contributed by atoms with van der Waals surface area (Å²) in [7, 11) is -3.54. The molecule has 0 bridgehead atoms. The van der Waals surface area contributed by atoms with E-state index < -0.39 is 10.0 Å². The van der Waals surface area contributed by atoms with Gasteiger partial charge in [-0.25, -0.2) is 13.6 Å². The standard InChI is InChI=1S/C12H19N3O3S/c1-2-10(7-13)12(16)15-11-5-3-9(4-6-11)8-19(14,17)18/h3-6,10H,2,7-8,13H2,1H3,(H,15,16)(H2,14,17,18). The Labute approximate surface area is 113 Å². The second-order valence-corrected chi connectivity index (χ2v) is 5.95. The Balaban J connectivity index is 2.69. The lowest BCUT2D eigenvalue weighted by atomic mass is 10.1. The second-order valence-electron chi connectivity index (χ2n) is 4.33. The third kappa shape index (κ3) is 5.37. The molecule has 0 radical (unpaired) electrons. The van der Waals surface area contributed by atoms with E-state index in [2.05, 4.69) is 5.32 Å². The summed E-state index contributed by atoms with van der Waals surface area (Å²) in [4.78, 5) is 11.8. The highest BCUT2D eigenvalue weighted by Gasteiger charge is 2.14. The molecular weight excluding hydrogens is 266 g/mol. The minimum absolute atomic E-state index is 0.135. The summed E-state index contributed by atoms with van der Waals surface area (Å²) >= 11 is 0. The lowest BCUT2D eigenvalue weighted by molar-refractivity contribution is -0.119. The molecule has 0 aromatic heterocycles. The number of carbonyl (C=O) groups is 1. The molecule has 1 amide bonds. The second kappa shape index (κ2) is 6.65. The van der Waals surface area contributed by atoms with Crippen molar-refractivity contribution in [1.82, 2.24) is 0 Å². The molecule has 0 saturated carbocycles. The molecule has 0 aliphatic carbocycles. The number of hydrogen-bond donors (Lipinski definition) is 3. The number of carbonyl (C=O) groups excluding carboxylic acids is 1. The van der Waals surface area contributed by atoms with Crippen molar-refractivity contribution >= 4 is 21.6 Å². The summed E-state index contributed by atoms with van der Waals surface area (Å²) in [5.41, 5.74) is 6.67. The van der Waals surface area contributed by atoms with Crippen LogP contribution >= 0.6 is 0 Å². The van der Waals surface area contributed by atoms with Crippen molar-refractivity contribution < 1.29 is 13.2 Å². The first-order chi connectivity index (χ1) is 8.85. The third-order valence-corrected chi connectivity index (χ3v) is 3.47. The number of benzene rings is 1. The lowest BCUT2D eigenvalue weighted by Gasteiger charge is -2.12. The number of rotatable bonds is 6. The maximum atomic E-state index is 11.8. The number of nitrogens with two attached hydrogens (primary N) is 2. The van der Waals surface area contributed by atoms with Gasteiger partial charge >= 0.3 is 0 Å². The van der Waals surface area contributed by atoms with E-state index in [4.69, 9.17) is 10.9 Å². The van der Waals surface area contributed by atoms with Gasteiger partial charge < -0.3 is 11.1 Å². The van der Waals surface area contributed by atoms with Crippen molar-refractivity contribution in [3.63, 3.8) is 0 Å². The van der Waals surface area contributed by atoms with Gasteiger partial charge in [0, 0.05) is 12.2 Å². The van der Waals surface area contributed by atoms with Crippen LogP contribution in [0.4, 0.5) is 5.69 Å². The van der Waals surface area contributed by atoms with Gasteiger partial charge in [-0.1, -0.05) is 19.1 Å². The topological polar surface area (TPSA) is 115 Å². The van der Waals surface area contributed by atoms with E-state index in [1.807, 2.05) is 6.92 Å². The van der Waals surface area contributed by atoms with E-state index >= 15 is 0 Å². The zero-order valence-electron chi connectivity index (χ0n) is 10.8. The van der Waals surface area contributed by atoms with Crippen LogP contribution in [0.3, 0.4) is 0 Å². The van der Waals surface area contributed by atoms with Crippen LogP contribution in [0.2, 0.25) is 0 Å². The van der Waals surface area contributed by atoms with Gasteiger partial charge in [-0.05, 0) is 24.1 Å². The van der Waals surface area contributed by atoms with Crippen molar-refractivity contribution in [2.24, 2.45) is 16.8 Å². The molecule has 1 aromatic carbocycles. The van der Waals surface area contributed by atoms with Crippen LogP contribution in [0.15, 0.2) is 24.3 Å². The van der Waals surface area contributed by atoms with E-state index in [0.29, 0.717) is 24.2 Å². The Bertz CT molecular complexity index is 522. The lowest BCUT2D eigenvalue weighted by Crippen LogP contribution is -2.28. The molecule has 0 saturated heterocycles. The summed E-state index contributed by atoms with van der Waals surface area (Å²) in [6.07, 6.45) is 0.672. The highest BCUT2D eigenvalue weighted by molar-refractivity contribution is 7.88. The van der Waals surface area contributed by atoms with Gasteiger partial charge in [-0.15, -0.1) is 0 Å². The molecule has 1 atom stereocenters. The maximum absolute atomic E-state index is 11.8. The molecule has 7 heteroatoms. The van der Waals surface area contributed by atoms with E-state index in [-0.39, 0.29) is 17.6 Å². The van der Waals surface area contributed by atoms with Gasteiger partial charge in [0.15, 0.2) is 0 Å². The Morgan fingerprint density at radius 2 is 1.89 bits per heavy atom. The summed E-state index contributed by atoms with van der Waals surface area (Å²) in [5, 5.41) is 7.68. The zero-order valence-corrected chi connectivity index (χ0v) is 11.6. The largest absolute Gasteiger partial charge is 0.330 e. The Morgan fingerprint density at radius 3 is 2.32 bits per heavy atom. The highest BCUT2D eigenvalue weighted by atomic mass is 32.2. The van der Waals surface area contributed by atoms with Gasteiger partial charge in [0.05, 0.1) is 11.7 Å². The van der Waals surface area contributed by atoms with E-state index in [1.54, 1.807) is 24.3 Å². The first-order valence-corrected chi connectivity index (χ1v) is 7.67. The predicted molar refractivity (Wildman–Crippen MR) is 74.7 cm³/mol. The average molecular weight is 285 g/mol. The van der Waals surface area contributed by atoms with Crippen LogP contribution in [0.25, 0.3) is 0 Å². The monoisotopic (exact) mass is 285 g/mol. The van der Waals surface area contributed by atoms with Crippen molar-refractivity contribution in [2.45, 2.75) is 19.1 Å². The molecule has 1 unspecified atom stereocenters. The van der Waals surface area contributed by atoms with Crippen LogP contribution in [-0.4, -0.2) is 20.9 Å². The van der Waals surface area contributed by atoms with Gasteiger partial charge in [-0.3, -0.25) is 4.79 Å². The van der Waals surface area contributed by atoms with Gasteiger partial charge in [0.25, 0.3) is 0 Å². The number of sulfonamides is 1. The summed E-state index contributed by atoms with van der Waals surface area (Å²) in [6, 6.07) is 6.51. The first-order valence-electron chi connectivity index (χ1n) is 5.96. The van der Waals surface area contributed by atoms with Gasteiger partial charge in [0.1, 0.15) is 0 Å². The Kier molecular flexibility index (Phi) is 5.46. The molecule has 1 rings (SSSR count). The molecule has 0 aliphatic heterocycles. The SMILES string of the molecule is CCC(CN)C(=O)Nc1ccc(CS(N)(=O)=O)cc1. The van der Waals surface area contributed by atoms with Crippen molar-refractivity contribution in [2.75, 3.05) is 11.9 Å². The fraction of sp³-hybridized carbons (Fsp3) is 0.417. The number of hydrogen-bond acceptors (Lipinski definition) is 4. The maximum Gasteiger partial charge on any atom is 0.228 e. The highest BCUT2D eigenvalue weighted by Crippen LogP contribution is 2.13. The van der Waals surface area contributed by atoms with E-state index in [9.17, 15) is 13.2 Å². The number of amides is 1. The number of primary sulfonamides is 1. The third-order valence-electron chi connectivity index (χ3n) is 2.74. The van der Waals surface area contributed by atoms with Crippen LogP contribution in [0.1, 0.15) is 18.9 Å². The van der Waals surface area contributed by atoms with Crippen LogP contribution < -0.4 is 16.2 Å². The Morgan fingerprint density at radius 1 is 1.32 bits per heavy atom. The predicted octanol–water partition coefficient (Wildman–Crippen LogP) is 0.399. The molecule has 0 aliphatic rings. The van der Waals surface area contributed by atoms with E-state index in [0.717, 1.165) is 0 Å². The molecule has 1 aromatic rings. The molecule has 6 nitrogen and oxygen atoms in total. The molecule has 19 heavy (non-hydrogen) atoms. The van der Waals surface area contributed by atoms with Crippen LogP contribution in [-0.2, 0) is 20.6 Å². The van der Waals surface area contributed by atoms with Crippen molar-refractivity contribution in [1.29, 1.82) is 0 Å². The fourth-order valence-electron chi connectivity index (χ4n) is 1.62. The Hall–Kier alpha value is -1.44. The zero-order chi connectivity index (χ0) is 14.5. The van der Waals surface area contributed by atoms with Crippen molar-refractivity contribution in [3.05, 3.63) is 29.8 Å². The molecule has 5 N–H and O–H groups in total. The summed E-state index contributed by atoms with van der Waals surface area (Å²) < 4.78 is 21.8. The smallest absolute Gasteiger partial charge is 0.228 e. The van der Waals surface area contributed by atoms with Crippen molar-refractivity contribution in [3.8, 4) is 0 Å². The first kappa shape index (κ1) is 15.6. The molecular formula is C12H19N3O3S. The van der Waals surface area contributed by atoms with Crippen LogP contribution in [0.5, 0.6) is 0 Å². The quantitative estimate of drug-likeness (QED) is 0.701. The van der Waals surface area contributed by atoms with Gasteiger partial charge in [0.2, 0.25) is 15.9 Å². The normalized spacial score (nSPS) is 13.0. The van der Waals surface area contributed by atoms with Crippen LogP contribution in [0, 0.1) is 5.92 Å². The minimum Gasteiger partial charge on any atom is -0.330 e. The molecule has 106 valence electrons. The fourth-order valence-corrected chi connectivity index (χ4v) is 2.28. The summed E-state index contributed by atoms with van der Waals surface area (Å²) in [5.74, 6) is -0.574. The molecule has 0 fully saturated rings.